The first-order valence-electron chi connectivity index (χ1n) is 5.80. The van der Waals surface area contributed by atoms with Gasteiger partial charge in [0.1, 0.15) is 17.9 Å². The van der Waals surface area contributed by atoms with Crippen LogP contribution in [0.3, 0.4) is 0 Å². The Hall–Kier alpha value is -2.28. The van der Waals surface area contributed by atoms with Gasteiger partial charge in [-0.25, -0.2) is 14.7 Å². The Bertz CT molecular complexity index is 546. The molecule has 2 aliphatic heterocycles. The number of ether oxygens (including phenoxy) is 1. The van der Waals surface area contributed by atoms with Crippen LogP contribution in [0.15, 0.2) is 18.3 Å². The molecule has 7 nitrogen and oxygen atoms in total. The molecule has 2 fully saturated rings. The number of fused-ring (bicyclic) bond motifs is 2. The Morgan fingerprint density at radius 2 is 1.89 bits per heavy atom. The molecule has 2 atom stereocenters. The third-order valence-electron chi connectivity index (χ3n) is 3.24. The molecule has 0 saturated carbocycles. The molecule has 1 aromatic heterocycles. The quantitative estimate of drug-likeness (QED) is 0.765. The fourth-order valence-corrected chi connectivity index (χ4v) is 2.30. The summed E-state index contributed by atoms with van der Waals surface area (Å²) in [4.78, 5) is 39.5. The molecule has 1 aromatic rings. The van der Waals surface area contributed by atoms with Gasteiger partial charge in [0.05, 0.1) is 11.9 Å². The summed E-state index contributed by atoms with van der Waals surface area (Å²) in [6.07, 6.45) is 1.12. The predicted molar refractivity (Wildman–Crippen MR) is 61.6 cm³/mol. The summed E-state index contributed by atoms with van der Waals surface area (Å²) in [5.74, 6) is -1.99. The van der Waals surface area contributed by atoms with E-state index in [0.29, 0.717) is 12.8 Å². The topological polar surface area (TPSA) is 96.8 Å². The number of aromatic carboxylic acids is 1. The molecule has 2 aliphatic rings. The number of carbonyl (C=O) groups excluding carboxylic acids is 2. The second-order valence-corrected chi connectivity index (χ2v) is 4.41. The molecule has 3 rings (SSSR count). The first kappa shape index (κ1) is 11.8. The lowest BCUT2D eigenvalue weighted by Crippen LogP contribution is -2.52. The van der Waals surface area contributed by atoms with Gasteiger partial charge in [-0.3, -0.25) is 9.59 Å². The molecule has 3 heterocycles. The summed E-state index contributed by atoms with van der Waals surface area (Å²) < 4.78 is 5.28. The molecule has 2 unspecified atom stereocenters. The monoisotopic (exact) mass is 262 g/mol. The van der Waals surface area contributed by atoms with Crippen LogP contribution in [0.5, 0.6) is 0 Å². The van der Waals surface area contributed by atoms with Crippen LogP contribution in [-0.4, -0.2) is 40.1 Å². The Morgan fingerprint density at radius 3 is 2.37 bits per heavy atom. The minimum atomic E-state index is -1.16. The van der Waals surface area contributed by atoms with Gasteiger partial charge >= 0.3 is 5.97 Å². The molecule has 7 heteroatoms. The fourth-order valence-electron chi connectivity index (χ4n) is 2.30. The van der Waals surface area contributed by atoms with E-state index in [4.69, 9.17) is 9.84 Å². The summed E-state index contributed by atoms with van der Waals surface area (Å²) >= 11 is 0. The second kappa shape index (κ2) is 4.13. The third kappa shape index (κ3) is 1.78. The Balaban J connectivity index is 1.94. The molecule has 0 aliphatic carbocycles. The number of anilines is 1. The zero-order chi connectivity index (χ0) is 13.6. The number of nitrogens with zero attached hydrogens (tertiary/aromatic N) is 2. The van der Waals surface area contributed by atoms with Gasteiger partial charge in [0.25, 0.3) is 11.8 Å². The molecule has 19 heavy (non-hydrogen) atoms. The number of morpholine rings is 1. The van der Waals surface area contributed by atoms with Crippen molar-refractivity contribution in [3.63, 3.8) is 0 Å². The van der Waals surface area contributed by atoms with E-state index >= 15 is 0 Å². The van der Waals surface area contributed by atoms with E-state index in [-0.39, 0.29) is 11.4 Å². The highest BCUT2D eigenvalue weighted by Gasteiger charge is 2.47. The van der Waals surface area contributed by atoms with E-state index in [1.54, 1.807) is 0 Å². The van der Waals surface area contributed by atoms with Gasteiger partial charge < -0.3 is 9.84 Å². The van der Waals surface area contributed by atoms with Crippen LogP contribution in [0.25, 0.3) is 0 Å². The predicted octanol–water partition coefficient (Wildman–Crippen LogP) is 0.201. The average Bonchev–Trinajstić information content (AvgIpc) is 2.84. The van der Waals surface area contributed by atoms with Gasteiger partial charge in [0, 0.05) is 0 Å². The first-order chi connectivity index (χ1) is 9.08. The molecule has 2 bridgehead atoms. The van der Waals surface area contributed by atoms with Crippen LogP contribution in [0, 0.1) is 0 Å². The van der Waals surface area contributed by atoms with Crippen molar-refractivity contribution in [1.29, 1.82) is 0 Å². The number of rotatable bonds is 2. The lowest BCUT2D eigenvalue weighted by molar-refractivity contribution is -0.146. The van der Waals surface area contributed by atoms with Crippen LogP contribution in [0.2, 0.25) is 0 Å². The van der Waals surface area contributed by atoms with Crippen molar-refractivity contribution in [1.82, 2.24) is 4.98 Å². The molecular formula is C12H10N2O5. The maximum absolute atomic E-state index is 12.0. The van der Waals surface area contributed by atoms with E-state index < -0.39 is 30.0 Å². The summed E-state index contributed by atoms with van der Waals surface area (Å²) in [5, 5.41) is 8.75. The highest BCUT2D eigenvalue weighted by atomic mass is 16.5. The molecule has 0 radical (unpaired) electrons. The van der Waals surface area contributed by atoms with Crippen molar-refractivity contribution in [2.24, 2.45) is 0 Å². The van der Waals surface area contributed by atoms with Crippen molar-refractivity contribution in [2.45, 2.75) is 25.0 Å². The van der Waals surface area contributed by atoms with Crippen molar-refractivity contribution in [2.75, 3.05) is 4.90 Å². The number of carbonyl (C=O) groups is 3. The standard InChI is InChI=1S/C12H10N2O5/c15-10-8-3-4-9(19-8)11(16)14(10)6-1-2-7(12(17)18)13-5-6/h1-2,5,8-9H,3-4H2,(H,17,18). The minimum Gasteiger partial charge on any atom is -0.477 e. The smallest absolute Gasteiger partial charge is 0.354 e. The highest BCUT2D eigenvalue weighted by molar-refractivity contribution is 6.19. The number of aromatic nitrogens is 1. The molecule has 2 saturated heterocycles. The SMILES string of the molecule is O=C(O)c1ccc(N2C(=O)C3CCC(O3)C2=O)cn1. The van der Waals surface area contributed by atoms with Crippen molar-refractivity contribution in [3.05, 3.63) is 24.0 Å². The normalized spacial score (nSPS) is 25.8. The summed E-state index contributed by atoms with van der Waals surface area (Å²) in [5.41, 5.74) is 0.139. The summed E-state index contributed by atoms with van der Waals surface area (Å²) in [6.45, 7) is 0. The zero-order valence-corrected chi connectivity index (χ0v) is 9.78. The van der Waals surface area contributed by atoms with E-state index in [1.807, 2.05) is 0 Å². The van der Waals surface area contributed by atoms with Gasteiger partial charge in [-0.15, -0.1) is 0 Å². The van der Waals surface area contributed by atoms with Crippen LogP contribution in [0.1, 0.15) is 23.3 Å². The number of amides is 2. The lowest BCUT2D eigenvalue weighted by atomic mass is 10.2. The van der Waals surface area contributed by atoms with Crippen LogP contribution in [0.4, 0.5) is 5.69 Å². The number of imide groups is 1. The molecule has 2 amide bonds. The van der Waals surface area contributed by atoms with Crippen LogP contribution < -0.4 is 4.90 Å². The van der Waals surface area contributed by atoms with Crippen LogP contribution >= 0.6 is 0 Å². The average molecular weight is 262 g/mol. The minimum absolute atomic E-state index is 0.139. The number of pyridine rings is 1. The van der Waals surface area contributed by atoms with Gasteiger partial charge in [0.2, 0.25) is 0 Å². The maximum Gasteiger partial charge on any atom is 0.354 e. The van der Waals surface area contributed by atoms with E-state index in [1.165, 1.54) is 18.3 Å². The van der Waals surface area contributed by atoms with Crippen LogP contribution in [-0.2, 0) is 14.3 Å². The molecule has 0 aromatic carbocycles. The number of hydrogen-bond donors (Lipinski definition) is 1. The molecule has 98 valence electrons. The largest absolute Gasteiger partial charge is 0.477 e. The van der Waals surface area contributed by atoms with Crippen molar-refractivity contribution in [3.8, 4) is 0 Å². The number of carboxylic acids is 1. The number of carboxylic acid groups (broad SMARTS) is 1. The highest BCUT2D eigenvalue weighted by Crippen LogP contribution is 2.31. The Morgan fingerprint density at radius 1 is 1.26 bits per heavy atom. The Labute approximate surface area is 107 Å². The maximum atomic E-state index is 12.0. The van der Waals surface area contributed by atoms with Gasteiger partial charge in [-0.2, -0.15) is 0 Å². The summed E-state index contributed by atoms with van der Waals surface area (Å²) in [7, 11) is 0. The zero-order valence-electron chi connectivity index (χ0n) is 9.78. The molecule has 0 spiro atoms. The van der Waals surface area contributed by atoms with E-state index in [9.17, 15) is 14.4 Å². The molecule has 1 N–H and O–H groups in total. The van der Waals surface area contributed by atoms with Gasteiger partial charge in [-0.1, -0.05) is 0 Å². The van der Waals surface area contributed by atoms with E-state index in [2.05, 4.69) is 4.98 Å². The third-order valence-corrected chi connectivity index (χ3v) is 3.24. The van der Waals surface area contributed by atoms with Gasteiger partial charge in [-0.05, 0) is 25.0 Å². The fraction of sp³-hybridized carbons (Fsp3) is 0.333. The lowest BCUT2D eigenvalue weighted by Gasteiger charge is -2.29. The number of hydrogen-bond acceptors (Lipinski definition) is 5. The second-order valence-electron chi connectivity index (χ2n) is 4.41. The van der Waals surface area contributed by atoms with Crippen molar-refractivity contribution < 1.29 is 24.2 Å². The van der Waals surface area contributed by atoms with E-state index in [0.717, 1.165) is 4.90 Å². The summed E-state index contributed by atoms with van der Waals surface area (Å²) in [6, 6.07) is 2.66. The van der Waals surface area contributed by atoms with Gasteiger partial charge in [0.15, 0.2) is 0 Å². The molecular weight excluding hydrogens is 252 g/mol. The first-order valence-corrected chi connectivity index (χ1v) is 5.80. The Kier molecular flexibility index (Phi) is 2.56. The van der Waals surface area contributed by atoms with Crippen molar-refractivity contribution >= 4 is 23.5 Å².